The van der Waals surface area contributed by atoms with Gasteiger partial charge < -0.3 is 5.73 Å². The maximum atomic E-state index is 6.22. The molecule has 0 aliphatic heterocycles. The van der Waals surface area contributed by atoms with E-state index in [4.69, 9.17) is 5.73 Å². The summed E-state index contributed by atoms with van der Waals surface area (Å²) in [6.07, 6.45) is 0.959. The number of hydrogen-bond acceptors (Lipinski definition) is 2. The molecule has 0 heterocycles. The Morgan fingerprint density at radius 2 is 1.62 bits per heavy atom. The van der Waals surface area contributed by atoms with Crippen LogP contribution in [0.25, 0.3) is 0 Å². The summed E-state index contributed by atoms with van der Waals surface area (Å²) in [4.78, 5) is 2.52. The minimum absolute atomic E-state index is 0.113. The summed E-state index contributed by atoms with van der Waals surface area (Å²) in [5.74, 6) is 0. The van der Waals surface area contributed by atoms with Gasteiger partial charge in [0.25, 0.3) is 0 Å². The summed E-state index contributed by atoms with van der Waals surface area (Å²) in [6, 6.07) is 17.4. The molecule has 0 aliphatic rings. The molecule has 0 bridgehead atoms. The van der Waals surface area contributed by atoms with Crippen molar-refractivity contribution in [2.45, 2.75) is 55.4 Å². The van der Waals surface area contributed by atoms with Crippen molar-refractivity contribution >= 4 is 11.8 Å². The van der Waals surface area contributed by atoms with Crippen LogP contribution in [0.15, 0.2) is 58.3 Å². The topological polar surface area (TPSA) is 26.0 Å². The Morgan fingerprint density at radius 1 is 1.00 bits per heavy atom. The third kappa shape index (κ3) is 4.12. The summed E-state index contributed by atoms with van der Waals surface area (Å²) in [5, 5.41) is 0. The van der Waals surface area contributed by atoms with Crippen LogP contribution in [0.2, 0.25) is 0 Å². The van der Waals surface area contributed by atoms with E-state index >= 15 is 0 Å². The molecule has 0 saturated heterocycles. The summed E-state index contributed by atoms with van der Waals surface area (Å²) in [6.45, 7) is 8.85. The summed E-state index contributed by atoms with van der Waals surface area (Å²) < 4.78 is 0. The van der Waals surface area contributed by atoms with Gasteiger partial charge in [-0.3, -0.25) is 0 Å². The second-order valence-electron chi connectivity index (χ2n) is 6.43. The highest BCUT2D eigenvalue weighted by Gasteiger charge is 2.14. The second-order valence-corrected chi connectivity index (χ2v) is 7.54. The van der Waals surface area contributed by atoms with Gasteiger partial charge in [-0.25, -0.2) is 0 Å². The van der Waals surface area contributed by atoms with Crippen LogP contribution in [0.4, 0.5) is 0 Å². The lowest BCUT2D eigenvalue weighted by Crippen LogP contribution is -2.10. The van der Waals surface area contributed by atoms with Gasteiger partial charge in [0.15, 0.2) is 0 Å². The molecule has 2 N–H and O–H groups in total. The van der Waals surface area contributed by atoms with E-state index in [-0.39, 0.29) is 11.5 Å². The van der Waals surface area contributed by atoms with Crippen molar-refractivity contribution in [3.63, 3.8) is 0 Å². The van der Waals surface area contributed by atoms with E-state index in [2.05, 4.69) is 76.2 Å². The minimum Gasteiger partial charge on any atom is -0.324 e. The lowest BCUT2D eigenvalue weighted by molar-refractivity contribution is 0.590. The first-order chi connectivity index (χ1) is 9.91. The highest BCUT2D eigenvalue weighted by atomic mass is 32.2. The number of benzene rings is 2. The highest BCUT2D eigenvalue weighted by Crippen LogP contribution is 2.34. The van der Waals surface area contributed by atoms with Crippen molar-refractivity contribution in [1.82, 2.24) is 0 Å². The maximum absolute atomic E-state index is 6.22. The quantitative estimate of drug-likeness (QED) is 0.801. The summed E-state index contributed by atoms with van der Waals surface area (Å²) in [5.41, 5.74) is 9.02. The molecule has 1 nitrogen and oxygen atoms in total. The Hall–Kier alpha value is -1.25. The fraction of sp³-hybridized carbons (Fsp3) is 0.368. The van der Waals surface area contributed by atoms with Crippen LogP contribution in [0.3, 0.4) is 0 Å². The summed E-state index contributed by atoms with van der Waals surface area (Å²) >= 11 is 1.80. The zero-order chi connectivity index (χ0) is 15.5. The molecule has 112 valence electrons. The zero-order valence-corrected chi connectivity index (χ0v) is 14.2. The van der Waals surface area contributed by atoms with E-state index in [1.54, 1.807) is 11.8 Å². The molecule has 0 unspecified atom stereocenters. The first-order valence-electron chi connectivity index (χ1n) is 7.54. The van der Waals surface area contributed by atoms with Crippen molar-refractivity contribution in [1.29, 1.82) is 0 Å². The predicted molar refractivity (Wildman–Crippen MR) is 92.9 cm³/mol. The van der Waals surface area contributed by atoms with E-state index in [0.29, 0.717) is 0 Å². The van der Waals surface area contributed by atoms with Crippen LogP contribution in [0.1, 0.15) is 51.3 Å². The van der Waals surface area contributed by atoms with Crippen LogP contribution in [-0.4, -0.2) is 0 Å². The Kier molecular flexibility index (Phi) is 5.13. The largest absolute Gasteiger partial charge is 0.324 e. The molecule has 2 aromatic carbocycles. The Labute approximate surface area is 133 Å². The average molecular weight is 299 g/mol. The molecule has 0 aliphatic carbocycles. The molecule has 0 spiro atoms. The van der Waals surface area contributed by atoms with Crippen molar-refractivity contribution in [2.24, 2.45) is 5.73 Å². The van der Waals surface area contributed by atoms with Gasteiger partial charge in [-0.05, 0) is 41.2 Å². The molecular weight excluding hydrogens is 274 g/mol. The molecule has 0 saturated carbocycles. The minimum atomic E-state index is 0.113. The third-order valence-electron chi connectivity index (χ3n) is 3.71. The first kappa shape index (κ1) is 16.1. The zero-order valence-electron chi connectivity index (χ0n) is 13.4. The van der Waals surface area contributed by atoms with Gasteiger partial charge in [-0.1, -0.05) is 69.8 Å². The van der Waals surface area contributed by atoms with Crippen LogP contribution < -0.4 is 5.73 Å². The molecule has 1 atom stereocenters. The Morgan fingerprint density at radius 3 is 2.19 bits per heavy atom. The van der Waals surface area contributed by atoms with Gasteiger partial charge in [0, 0.05) is 15.8 Å². The van der Waals surface area contributed by atoms with Crippen LogP contribution in [0.5, 0.6) is 0 Å². The average Bonchev–Trinajstić information content (AvgIpc) is 2.46. The molecule has 2 heteroatoms. The highest BCUT2D eigenvalue weighted by molar-refractivity contribution is 7.99. The van der Waals surface area contributed by atoms with Crippen molar-refractivity contribution in [2.75, 3.05) is 0 Å². The van der Waals surface area contributed by atoms with Crippen molar-refractivity contribution < 1.29 is 0 Å². The van der Waals surface area contributed by atoms with Gasteiger partial charge in [0.2, 0.25) is 0 Å². The van der Waals surface area contributed by atoms with Crippen LogP contribution in [0, 0.1) is 0 Å². The molecule has 0 aromatic heterocycles. The lowest BCUT2D eigenvalue weighted by Gasteiger charge is -2.19. The number of nitrogens with two attached hydrogens (primary N) is 1. The maximum Gasteiger partial charge on any atom is 0.0303 e. The standard InChI is InChI=1S/C19H25NS/c1-5-17(20)16-8-6-7-9-18(16)21-15-12-10-14(11-13-15)19(2,3)4/h6-13,17H,5,20H2,1-4H3/t17-/m1/s1. The smallest absolute Gasteiger partial charge is 0.0303 e. The monoisotopic (exact) mass is 299 g/mol. The predicted octanol–water partition coefficient (Wildman–Crippen LogP) is 5.55. The van der Waals surface area contributed by atoms with Gasteiger partial charge in [-0.15, -0.1) is 0 Å². The Bertz CT molecular complexity index is 581. The van der Waals surface area contributed by atoms with Gasteiger partial charge in [0.05, 0.1) is 0 Å². The van der Waals surface area contributed by atoms with E-state index in [1.165, 1.54) is 20.9 Å². The van der Waals surface area contributed by atoms with E-state index in [9.17, 15) is 0 Å². The number of rotatable bonds is 4. The van der Waals surface area contributed by atoms with E-state index in [1.807, 2.05) is 0 Å². The fourth-order valence-corrected chi connectivity index (χ4v) is 3.26. The molecule has 0 radical (unpaired) electrons. The van der Waals surface area contributed by atoms with Gasteiger partial charge >= 0.3 is 0 Å². The first-order valence-corrected chi connectivity index (χ1v) is 8.36. The van der Waals surface area contributed by atoms with Gasteiger partial charge in [-0.2, -0.15) is 0 Å². The number of hydrogen-bond donors (Lipinski definition) is 1. The molecule has 2 rings (SSSR count). The van der Waals surface area contributed by atoms with Crippen LogP contribution in [-0.2, 0) is 5.41 Å². The van der Waals surface area contributed by atoms with E-state index in [0.717, 1.165) is 6.42 Å². The third-order valence-corrected chi connectivity index (χ3v) is 4.81. The van der Waals surface area contributed by atoms with Gasteiger partial charge in [0.1, 0.15) is 0 Å². The summed E-state index contributed by atoms with van der Waals surface area (Å²) in [7, 11) is 0. The van der Waals surface area contributed by atoms with E-state index < -0.39 is 0 Å². The normalized spacial score (nSPS) is 13.2. The second kappa shape index (κ2) is 6.67. The lowest BCUT2D eigenvalue weighted by atomic mass is 9.87. The fourth-order valence-electron chi connectivity index (χ4n) is 2.25. The molecular formula is C19H25NS. The van der Waals surface area contributed by atoms with Crippen molar-refractivity contribution in [3.8, 4) is 0 Å². The van der Waals surface area contributed by atoms with Crippen LogP contribution >= 0.6 is 11.8 Å². The SMILES string of the molecule is CC[C@@H](N)c1ccccc1Sc1ccc(C(C)(C)C)cc1. The molecule has 0 fully saturated rings. The molecule has 0 amide bonds. The Balaban J connectivity index is 2.23. The molecule has 21 heavy (non-hydrogen) atoms. The van der Waals surface area contributed by atoms with Crippen molar-refractivity contribution in [3.05, 3.63) is 59.7 Å². The molecule has 2 aromatic rings.